The Bertz CT molecular complexity index is 601. The molecule has 1 heterocycles. The molecule has 6 nitrogen and oxygen atoms in total. The van der Waals surface area contributed by atoms with Gasteiger partial charge in [-0.15, -0.1) is 0 Å². The minimum atomic E-state index is -1.07. The molecule has 1 aliphatic rings. The number of carbonyl (C=O) groups excluding carboxylic acids is 1. The van der Waals surface area contributed by atoms with Crippen LogP contribution in [0.25, 0.3) is 0 Å². The highest BCUT2D eigenvalue weighted by Gasteiger charge is 2.21. The third kappa shape index (κ3) is 4.48. The van der Waals surface area contributed by atoms with Crippen LogP contribution in [0.2, 0.25) is 0 Å². The smallest absolute Gasteiger partial charge is 0.341 e. The lowest BCUT2D eigenvalue weighted by atomic mass is 10.0. The summed E-state index contributed by atoms with van der Waals surface area (Å²) in [5.41, 5.74) is 1.67. The lowest BCUT2D eigenvalue weighted by Gasteiger charge is -2.28. The number of ether oxygens (including phenoxy) is 2. The first kappa shape index (κ1) is 16.9. The molecule has 1 aliphatic heterocycles. The van der Waals surface area contributed by atoms with Gasteiger partial charge in [0.1, 0.15) is 0 Å². The molecule has 0 saturated carbocycles. The third-order valence-corrected chi connectivity index (χ3v) is 3.60. The van der Waals surface area contributed by atoms with Crippen molar-refractivity contribution in [2.45, 2.75) is 19.8 Å². The van der Waals surface area contributed by atoms with Crippen LogP contribution in [-0.4, -0.2) is 48.2 Å². The first-order valence-corrected chi connectivity index (χ1v) is 7.58. The SMILES string of the molecule is C=C1CCN(C(=O)c2ccc(OCC(=O)O)c(OCC)c2)CC1. The van der Waals surface area contributed by atoms with Crippen LogP contribution in [0, 0.1) is 0 Å². The van der Waals surface area contributed by atoms with Crippen molar-refractivity contribution < 1.29 is 24.2 Å². The van der Waals surface area contributed by atoms with E-state index in [2.05, 4.69) is 6.58 Å². The van der Waals surface area contributed by atoms with Gasteiger partial charge in [-0.2, -0.15) is 0 Å². The topological polar surface area (TPSA) is 76.1 Å². The van der Waals surface area contributed by atoms with Crippen LogP contribution in [0.1, 0.15) is 30.1 Å². The molecule has 6 heteroatoms. The standard InChI is InChI=1S/C17H21NO5/c1-3-22-15-10-13(4-5-14(15)23-11-16(19)20)17(21)18-8-6-12(2)7-9-18/h4-5,10H,2-3,6-9,11H2,1H3,(H,19,20). The van der Waals surface area contributed by atoms with Crippen molar-refractivity contribution in [2.75, 3.05) is 26.3 Å². The van der Waals surface area contributed by atoms with E-state index in [1.807, 2.05) is 6.92 Å². The summed E-state index contributed by atoms with van der Waals surface area (Å²) in [4.78, 5) is 25.0. The van der Waals surface area contributed by atoms with E-state index in [4.69, 9.17) is 14.6 Å². The number of rotatable bonds is 6. The molecule has 0 unspecified atom stereocenters. The van der Waals surface area contributed by atoms with E-state index in [1.165, 1.54) is 5.57 Å². The monoisotopic (exact) mass is 319 g/mol. The van der Waals surface area contributed by atoms with Crippen molar-refractivity contribution >= 4 is 11.9 Å². The number of carboxylic acids is 1. The van der Waals surface area contributed by atoms with E-state index in [9.17, 15) is 9.59 Å². The molecule has 1 N–H and O–H groups in total. The maximum absolute atomic E-state index is 12.5. The quantitative estimate of drug-likeness (QED) is 0.815. The highest BCUT2D eigenvalue weighted by Crippen LogP contribution is 2.29. The molecule has 0 spiro atoms. The zero-order chi connectivity index (χ0) is 16.8. The zero-order valence-electron chi connectivity index (χ0n) is 13.2. The molecule has 1 saturated heterocycles. The Morgan fingerprint density at radius 2 is 1.91 bits per heavy atom. The highest BCUT2D eigenvalue weighted by atomic mass is 16.5. The van der Waals surface area contributed by atoms with Gasteiger partial charge in [0.05, 0.1) is 6.61 Å². The number of aliphatic carboxylic acids is 1. The number of hydrogen-bond acceptors (Lipinski definition) is 4. The molecule has 0 aliphatic carbocycles. The molecule has 1 fully saturated rings. The van der Waals surface area contributed by atoms with Gasteiger partial charge in [-0.05, 0) is 38.0 Å². The number of amides is 1. The van der Waals surface area contributed by atoms with Gasteiger partial charge in [0, 0.05) is 18.7 Å². The zero-order valence-corrected chi connectivity index (χ0v) is 13.2. The summed E-state index contributed by atoms with van der Waals surface area (Å²) in [5, 5.41) is 8.70. The van der Waals surface area contributed by atoms with Gasteiger partial charge in [0.15, 0.2) is 18.1 Å². The lowest BCUT2D eigenvalue weighted by Crippen LogP contribution is -2.36. The summed E-state index contributed by atoms with van der Waals surface area (Å²) in [7, 11) is 0. The second-order valence-corrected chi connectivity index (χ2v) is 5.32. The molecular weight excluding hydrogens is 298 g/mol. The van der Waals surface area contributed by atoms with Crippen molar-refractivity contribution in [3.8, 4) is 11.5 Å². The van der Waals surface area contributed by atoms with E-state index in [1.54, 1.807) is 23.1 Å². The molecule has 0 radical (unpaired) electrons. The average molecular weight is 319 g/mol. The number of piperidine rings is 1. The first-order valence-electron chi connectivity index (χ1n) is 7.58. The summed E-state index contributed by atoms with van der Waals surface area (Å²) in [6.07, 6.45) is 1.65. The minimum absolute atomic E-state index is 0.0664. The number of hydrogen-bond donors (Lipinski definition) is 1. The Kier molecular flexibility index (Phi) is 5.62. The predicted octanol–water partition coefficient (Wildman–Crippen LogP) is 2.34. The van der Waals surface area contributed by atoms with Crippen LogP contribution < -0.4 is 9.47 Å². The number of nitrogens with zero attached hydrogens (tertiary/aromatic N) is 1. The summed E-state index contributed by atoms with van der Waals surface area (Å²) in [5.74, 6) is -0.441. The maximum atomic E-state index is 12.5. The fraction of sp³-hybridized carbons (Fsp3) is 0.412. The van der Waals surface area contributed by atoms with Crippen LogP contribution in [0.15, 0.2) is 30.4 Å². The molecule has 1 aromatic carbocycles. The summed E-state index contributed by atoms with van der Waals surface area (Å²) >= 11 is 0. The number of carbonyl (C=O) groups is 2. The van der Waals surface area contributed by atoms with Crippen molar-refractivity contribution in [2.24, 2.45) is 0 Å². The van der Waals surface area contributed by atoms with Crippen molar-refractivity contribution in [1.82, 2.24) is 4.90 Å². The summed E-state index contributed by atoms with van der Waals surface area (Å²) < 4.78 is 10.6. The Hall–Kier alpha value is -2.50. The van der Waals surface area contributed by atoms with Gasteiger partial charge in [-0.25, -0.2) is 4.79 Å². The second-order valence-electron chi connectivity index (χ2n) is 5.32. The molecule has 124 valence electrons. The van der Waals surface area contributed by atoms with Crippen LogP contribution >= 0.6 is 0 Å². The highest BCUT2D eigenvalue weighted by molar-refractivity contribution is 5.95. The predicted molar refractivity (Wildman–Crippen MR) is 85.0 cm³/mol. The van der Waals surface area contributed by atoms with Gasteiger partial charge in [-0.1, -0.05) is 12.2 Å². The van der Waals surface area contributed by atoms with Crippen molar-refractivity contribution in [3.63, 3.8) is 0 Å². The Balaban J connectivity index is 2.15. The number of likely N-dealkylation sites (tertiary alicyclic amines) is 1. The molecular formula is C17H21NO5. The molecule has 1 aromatic rings. The second kappa shape index (κ2) is 7.67. The van der Waals surface area contributed by atoms with Gasteiger partial charge in [0.25, 0.3) is 5.91 Å². The lowest BCUT2D eigenvalue weighted by molar-refractivity contribution is -0.139. The summed E-state index contributed by atoms with van der Waals surface area (Å²) in [6.45, 7) is 7.02. The van der Waals surface area contributed by atoms with Gasteiger partial charge >= 0.3 is 5.97 Å². The van der Waals surface area contributed by atoms with Crippen LogP contribution in [-0.2, 0) is 4.79 Å². The Labute approximate surface area is 135 Å². The van der Waals surface area contributed by atoms with Gasteiger partial charge in [-0.3, -0.25) is 4.79 Å². The van der Waals surface area contributed by atoms with E-state index in [-0.39, 0.29) is 5.91 Å². The molecule has 0 aromatic heterocycles. The van der Waals surface area contributed by atoms with Crippen LogP contribution in [0.5, 0.6) is 11.5 Å². The van der Waals surface area contributed by atoms with Crippen molar-refractivity contribution in [3.05, 3.63) is 35.9 Å². The van der Waals surface area contributed by atoms with Gasteiger partial charge < -0.3 is 19.5 Å². The normalized spacial score (nSPS) is 14.5. The average Bonchev–Trinajstić information content (AvgIpc) is 2.54. The summed E-state index contributed by atoms with van der Waals surface area (Å²) in [6, 6.07) is 4.81. The Morgan fingerprint density at radius 1 is 1.22 bits per heavy atom. The van der Waals surface area contributed by atoms with Gasteiger partial charge in [0.2, 0.25) is 0 Å². The van der Waals surface area contributed by atoms with E-state index < -0.39 is 12.6 Å². The van der Waals surface area contributed by atoms with Crippen molar-refractivity contribution in [1.29, 1.82) is 0 Å². The molecule has 0 bridgehead atoms. The van der Waals surface area contributed by atoms with E-state index in [0.29, 0.717) is 36.8 Å². The van der Waals surface area contributed by atoms with Crippen LogP contribution in [0.4, 0.5) is 0 Å². The third-order valence-electron chi connectivity index (χ3n) is 3.60. The molecule has 2 rings (SSSR count). The van der Waals surface area contributed by atoms with Crippen LogP contribution in [0.3, 0.4) is 0 Å². The number of benzene rings is 1. The maximum Gasteiger partial charge on any atom is 0.341 e. The fourth-order valence-electron chi connectivity index (χ4n) is 2.38. The largest absolute Gasteiger partial charge is 0.490 e. The Morgan fingerprint density at radius 3 is 2.52 bits per heavy atom. The van der Waals surface area contributed by atoms with E-state index >= 15 is 0 Å². The molecule has 23 heavy (non-hydrogen) atoms. The fourth-order valence-corrected chi connectivity index (χ4v) is 2.38. The molecule has 0 atom stereocenters. The molecule has 1 amide bonds. The number of carboxylic acid groups (broad SMARTS) is 1. The first-order chi connectivity index (χ1) is 11.0. The minimum Gasteiger partial charge on any atom is -0.490 e. The van der Waals surface area contributed by atoms with E-state index in [0.717, 1.165) is 12.8 Å².